The average Bonchev–Trinajstić information content (AvgIpc) is 3.16. The van der Waals surface area contributed by atoms with Crippen LogP contribution >= 0.6 is 0 Å². The molecule has 160 valence electrons. The number of likely N-dealkylation sites (N-methyl/N-ethyl adjacent to an activating group) is 1. The number of amides is 1. The molecule has 0 saturated heterocycles. The second-order valence-corrected chi connectivity index (χ2v) is 7.36. The number of nitrogens with zero attached hydrogens (tertiary/aromatic N) is 3. The number of carbonyl (C=O) groups excluding carboxylic acids is 1. The van der Waals surface area contributed by atoms with Crippen molar-refractivity contribution in [3.05, 3.63) is 41.6 Å². The third-order valence-corrected chi connectivity index (χ3v) is 4.57. The van der Waals surface area contributed by atoms with Crippen LogP contribution in [-0.4, -0.2) is 68.1 Å². The number of hydrogen-bond donors (Lipinski definition) is 1. The molecule has 1 aromatic carbocycles. The number of methoxy groups -OCH3 is 2. The van der Waals surface area contributed by atoms with E-state index in [1.807, 2.05) is 37.2 Å². The van der Waals surface area contributed by atoms with E-state index >= 15 is 0 Å². The van der Waals surface area contributed by atoms with Crippen molar-refractivity contribution in [3.8, 4) is 11.5 Å². The zero-order valence-electron chi connectivity index (χ0n) is 18.2. The number of rotatable bonds is 11. The number of oxazole rings is 1. The smallest absolute Gasteiger partial charge is 0.273 e. The lowest BCUT2D eigenvalue weighted by molar-refractivity contribution is 0.0946. The van der Waals surface area contributed by atoms with Crippen LogP contribution in [0.2, 0.25) is 0 Å². The van der Waals surface area contributed by atoms with Gasteiger partial charge in [-0.1, -0.05) is 6.07 Å². The first-order valence-corrected chi connectivity index (χ1v) is 9.66. The molecule has 1 aromatic heterocycles. The van der Waals surface area contributed by atoms with Crippen molar-refractivity contribution in [1.82, 2.24) is 20.1 Å². The molecule has 0 spiro atoms. The molecule has 0 unspecified atom stereocenters. The summed E-state index contributed by atoms with van der Waals surface area (Å²) in [5, 5.41) is 2.84. The SMILES string of the molecule is COc1ccc(CN(Cc2nc(C(=O)NCCN(C)C)co2)C(C)C)c(OC)c1. The summed E-state index contributed by atoms with van der Waals surface area (Å²) in [7, 11) is 7.19. The Hall–Kier alpha value is -2.58. The minimum absolute atomic E-state index is 0.227. The Morgan fingerprint density at radius 2 is 1.97 bits per heavy atom. The standard InChI is InChI=1S/C21H32N4O4/c1-15(2)25(12-16-7-8-17(27-5)11-19(16)28-6)13-20-23-18(14-29-20)21(26)22-9-10-24(3)4/h7-8,11,14-15H,9-10,12-13H2,1-6H3,(H,22,26). The number of ether oxygens (including phenoxy) is 2. The lowest BCUT2D eigenvalue weighted by Crippen LogP contribution is -2.32. The molecule has 0 atom stereocenters. The van der Waals surface area contributed by atoms with Crippen LogP contribution in [0.4, 0.5) is 0 Å². The molecule has 0 radical (unpaired) electrons. The zero-order chi connectivity index (χ0) is 21.4. The average molecular weight is 405 g/mol. The van der Waals surface area contributed by atoms with E-state index in [-0.39, 0.29) is 11.9 Å². The van der Waals surface area contributed by atoms with E-state index < -0.39 is 0 Å². The van der Waals surface area contributed by atoms with Crippen molar-refractivity contribution in [1.29, 1.82) is 0 Å². The summed E-state index contributed by atoms with van der Waals surface area (Å²) in [6.45, 7) is 6.67. The van der Waals surface area contributed by atoms with Crippen molar-refractivity contribution < 1.29 is 18.7 Å². The van der Waals surface area contributed by atoms with Crippen molar-refractivity contribution in [3.63, 3.8) is 0 Å². The molecular weight excluding hydrogens is 372 g/mol. The summed E-state index contributed by atoms with van der Waals surface area (Å²) in [6, 6.07) is 6.02. The molecule has 0 aliphatic carbocycles. The fraction of sp³-hybridized carbons (Fsp3) is 0.524. The van der Waals surface area contributed by atoms with Gasteiger partial charge in [0.25, 0.3) is 5.91 Å². The molecule has 0 aliphatic heterocycles. The fourth-order valence-corrected chi connectivity index (χ4v) is 2.77. The Morgan fingerprint density at radius 1 is 1.21 bits per heavy atom. The van der Waals surface area contributed by atoms with Gasteiger partial charge in [-0.15, -0.1) is 0 Å². The Morgan fingerprint density at radius 3 is 2.59 bits per heavy atom. The van der Waals surface area contributed by atoms with Crippen LogP contribution in [0.15, 0.2) is 28.9 Å². The van der Waals surface area contributed by atoms with Crippen LogP contribution in [0.5, 0.6) is 11.5 Å². The highest BCUT2D eigenvalue weighted by molar-refractivity contribution is 5.91. The third-order valence-electron chi connectivity index (χ3n) is 4.57. The zero-order valence-corrected chi connectivity index (χ0v) is 18.2. The minimum atomic E-state index is -0.227. The number of benzene rings is 1. The highest BCUT2D eigenvalue weighted by Gasteiger charge is 2.18. The van der Waals surface area contributed by atoms with Gasteiger partial charge in [-0.25, -0.2) is 4.98 Å². The summed E-state index contributed by atoms with van der Waals surface area (Å²) in [4.78, 5) is 20.8. The summed E-state index contributed by atoms with van der Waals surface area (Å²) < 4.78 is 16.3. The molecule has 1 heterocycles. The molecule has 2 aromatic rings. The van der Waals surface area contributed by atoms with E-state index in [0.29, 0.717) is 31.2 Å². The Kier molecular flexibility index (Phi) is 8.48. The van der Waals surface area contributed by atoms with Gasteiger partial charge in [-0.05, 0) is 34.0 Å². The topological polar surface area (TPSA) is 80.1 Å². The highest BCUT2D eigenvalue weighted by Crippen LogP contribution is 2.26. The molecule has 0 bridgehead atoms. The molecule has 0 saturated carbocycles. The maximum atomic E-state index is 12.2. The van der Waals surface area contributed by atoms with E-state index in [1.54, 1.807) is 14.2 Å². The Bertz CT molecular complexity index is 789. The first-order valence-electron chi connectivity index (χ1n) is 9.66. The first kappa shape index (κ1) is 22.7. The number of aromatic nitrogens is 1. The lowest BCUT2D eigenvalue weighted by Gasteiger charge is -2.26. The van der Waals surface area contributed by atoms with Gasteiger partial charge in [-0.2, -0.15) is 0 Å². The maximum Gasteiger partial charge on any atom is 0.273 e. The maximum absolute atomic E-state index is 12.2. The molecule has 2 rings (SSSR count). The van der Waals surface area contributed by atoms with Crippen molar-refractivity contribution in [2.75, 3.05) is 41.4 Å². The van der Waals surface area contributed by atoms with Gasteiger partial charge in [0.2, 0.25) is 5.89 Å². The molecule has 0 fully saturated rings. The number of carbonyl (C=O) groups is 1. The van der Waals surface area contributed by atoms with Crippen molar-refractivity contribution in [2.45, 2.75) is 33.0 Å². The molecule has 0 aliphatic rings. The largest absolute Gasteiger partial charge is 0.497 e. The minimum Gasteiger partial charge on any atom is -0.497 e. The van der Waals surface area contributed by atoms with Crippen LogP contribution < -0.4 is 14.8 Å². The summed E-state index contributed by atoms with van der Waals surface area (Å²) in [5.74, 6) is 1.79. The Labute approximate surface area is 172 Å². The summed E-state index contributed by atoms with van der Waals surface area (Å²) in [5.41, 5.74) is 1.33. The molecular formula is C21H32N4O4. The molecule has 1 amide bonds. The van der Waals surface area contributed by atoms with E-state index in [1.165, 1.54) is 6.26 Å². The second-order valence-electron chi connectivity index (χ2n) is 7.36. The van der Waals surface area contributed by atoms with Gasteiger partial charge in [0.05, 0.1) is 20.8 Å². The Balaban J connectivity index is 2.04. The quantitative estimate of drug-likeness (QED) is 0.616. The van der Waals surface area contributed by atoms with Crippen molar-refractivity contribution >= 4 is 5.91 Å². The van der Waals surface area contributed by atoms with E-state index in [9.17, 15) is 4.79 Å². The van der Waals surface area contributed by atoms with Gasteiger partial charge in [0.15, 0.2) is 5.69 Å². The molecule has 1 N–H and O–H groups in total. The lowest BCUT2D eigenvalue weighted by atomic mass is 10.1. The van der Waals surface area contributed by atoms with E-state index in [0.717, 1.165) is 23.6 Å². The van der Waals surface area contributed by atoms with Gasteiger partial charge in [0.1, 0.15) is 17.8 Å². The monoisotopic (exact) mass is 404 g/mol. The highest BCUT2D eigenvalue weighted by atomic mass is 16.5. The van der Waals surface area contributed by atoms with Crippen LogP contribution in [0.1, 0.15) is 35.8 Å². The van der Waals surface area contributed by atoms with Gasteiger partial charge >= 0.3 is 0 Å². The first-order chi connectivity index (χ1) is 13.8. The normalized spacial score (nSPS) is 11.3. The van der Waals surface area contributed by atoms with E-state index in [4.69, 9.17) is 13.9 Å². The predicted octanol–water partition coefficient (Wildman–Crippen LogP) is 2.39. The predicted molar refractivity (Wildman–Crippen MR) is 111 cm³/mol. The summed E-state index contributed by atoms with van der Waals surface area (Å²) in [6.07, 6.45) is 1.41. The second kappa shape index (κ2) is 10.8. The fourth-order valence-electron chi connectivity index (χ4n) is 2.77. The number of nitrogens with one attached hydrogen (secondary N) is 1. The molecule has 29 heavy (non-hydrogen) atoms. The van der Waals surface area contributed by atoms with Gasteiger partial charge in [0, 0.05) is 37.3 Å². The van der Waals surface area contributed by atoms with Crippen LogP contribution in [0.3, 0.4) is 0 Å². The van der Waals surface area contributed by atoms with Crippen molar-refractivity contribution in [2.24, 2.45) is 0 Å². The molecule has 8 heteroatoms. The van der Waals surface area contributed by atoms with Gasteiger partial charge in [-0.3, -0.25) is 9.69 Å². The van der Waals surface area contributed by atoms with Crippen LogP contribution in [0, 0.1) is 0 Å². The molecule has 8 nitrogen and oxygen atoms in total. The van der Waals surface area contributed by atoms with Crippen LogP contribution in [-0.2, 0) is 13.1 Å². The van der Waals surface area contributed by atoms with Crippen LogP contribution in [0.25, 0.3) is 0 Å². The van der Waals surface area contributed by atoms with Gasteiger partial charge < -0.3 is 24.1 Å². The summed E-state index contributed by atoms with van der Waals surface area (Å²) >= 11 is 0. The number of hydrogen-bond acceptors (Lipinski definition) is 7. The third kappa shape index (κ3) is 6.76. The van der Waals surface area contributed by atoms with E-state index in [2.05, 4.69) is 29.0 Å².